The lowest BCUT2D eigenvalue weighted by atomic mass is 10.3. The summed E-state index contributed by atoms with van der Waals surface area (Å²) >= 11 is 1.62. The maximum absolute atomic E-state index is 5.36. The molecule has 1 heterocycles. The summed E-state index contributed by atoms with van der Waals surface area (Å²) in [6, 6.07) is 0. The van der Waals surface area contributed by atoms with Crippen molar-refractivity contribution >= 4 is 17.3 Å². The molecule has 1 aromatic rings. The van der Waals surface area contributed by atoms with E-state index in [-0.39, 0.29) is 0 Å². The average Bonchev–Trinajstić information content (AvgIpc) is 2.69. The number of aromatic nitrogens is 1. The zero-order chi connectivity index (χ0) is 11.8. The molecule has 0 fully saturated rings. The highest BCUT2D eigenvalue weighted by molar-refractivity contribution is 7.09. The molecule has 0 aromatic carbocycles. The van der Waals surface area contributed by atoms with E-state index in [1.807, 2.05) is 12.3 Å². The fourth-order valence-corrected chi connectivity index (χ4v) is 1.85. The van der Waals surface area contributed by atoms with Gasteiger partial charge in [0.1, 0.15) is 5.01 Å². The molecule has 16 heavy (non-hydrogen) atoms. The number of thiazole rings is 1. The lowest BCUT2D eigenvalue weighted by Crippen LogP contribution is -2.41. The second-order valence-corrected chi connectivity index (χ2v) is 4.41. The summed E-state index contributed by atoms with van der Waals surface area (Å²) in [5, 5.41) is 6.16. The maximum Gasteiger partial charge on any atom is 0.206 e. The van der Waals surface area contributed by atoms with E-state index in [0.29, 0.717) is 12.5 Å². The Morgan fingerprint density at radius 1 is 1.62 bits per heavy atom. The average molecular weight is 241 g/mol. The van der Waals surface area contributed by atoms with Crippen LogP contribution in [0.2, 0.25) is 0 Å². The normalized spacial score (nSPS) is 11.6. The standard InChI is InChI=1S/C10H19N5S/c1-3-4-5-12-10(15-11)13-6-9-14-8(2)7-16-9/h7H,3-6,11H2,1-2H3,(H2,12,13,15). The molecular weight excluding hydrogens is 222 g/mol. The number of hydrogen-bond acceptors (Lipinski definition) is 4. The Labute approximate surface area is 100 Å². The number of hydrazine groups is 1. The molecule has 1 aromatic heterocycles. The number of unbranched alkanes of at least 4 members (excludes halogenated alkanes) is 1. The maximum atomic E-state index is 5.36. The molecule has 4 N–H and O–H groups in total. The number of guanidine groups is 1. The Bertz CT molecular complexity index is 334. The smallest absolute Gasteiger partial charge is 0.206 e. The van der Waals surface area contributed by atoms with E-state index >= 15 is 0 Å². The van der Waals surface area contributed by atoms with Crippen LogP contribution in [0.15, 0.2) is 10.4 Å². The van der Waals surface area contributed by atoms with E-state index in [0.717, 1.165) is 30.1 Å². The van der Waals surface area contributed by atoms with Crippen molar-refractivity contribution in [2.24, 2.45) is 10.8 Å². The second-order valence-electron chi connectivity index (χ2n) is 3.47. The number of nitrogens with two attached hydrogens (primary N) is 1. The van der Waals surface area contributed by atoms with E-state index in [9.17, 15) is 0 Å². The van der Waals surface area contributed by atoms with Gasteiger partial charge in [-0.25, -0.2) is 15.8 Å². The minimum atomic E-state index is 0.567. The van der Waals surface area contributed by atoms with E-state index in [2.05, 4.69) is 27.6 Å². The van der Waals surface area contributed by atoms with Crippen molar-refractivity contribution in [2.45, 2.75) is 33.2 Å². The fraction of sp³-hybridized carbons (Fsp3) is 0.600. The molecule has 5 nitrogen and oxygen atoms in total. The van der Waals surface area contributed by atoms with Gasteiger partial charge in [0.05, 0.1) is 6.54 Å². The molecule has 1 rings (SSSR count). The van der Waals surface area contributed by atoms with Gasteiger partial charge in [0, 0.05) is 17.6 Å². The van der Waals surface area contributed by atoms with Crippen LogP contribution in [0.25, 0.3) is 0 Å². The summed E-state index contributed by atoms with van der Waals surface area (Å²) in [4.78, 5) is 8.64. The Hall–Kier alpha value is -1.14. The molecule has 0 bridgehead atoms. The summed E-state index contributed by atoms with van der Waals surface area (Å²) in [6.07, 6.45) is 2.26. The Kier molecular flexibility index (Phi) is 5.81. The van der Waals surface area contributed by atoms with Gasteiger partial charge in [-0.1, -0.05) is 13.3 Å². The molecule has 0 radical (unpaired) electrons. The molecule has 0 amide bonds. The Balaban J connectivity index is 2.40. The summed E-state index contributed by atoms with van der Waals surface area (Å²) in [6.45, 7) is 5.58. The van der Waals surface area contributed by atoms with E-state index in [1.165, 1.54) is 0 Å². The van der Waals surface area contributed by atoms with Crippen molar-refractivity contribution in [1.29, 1.82) is 0 Å². The molecule has 6 heteroatoms. The first kappa shape index (κ1) is 12.9. The summed E-state index contributed by atoms with van der Waals surface area (Å²) in [5.41, 5.74) is 3.59. The first-order chi connectivity index (χ1) is 7.76. The van der Waals surface area contributed by atoms with Gasteiger partial charge in [-0.3, -0.25) is 5.43 Å². The van der Waals surface area contributed by atoms with Crippen LogP contribution >= 0.6 is 11.3 Å². The molecule has 90 valence electrons. The molecule has 0 unspecified atom stereocenters. The predicted molar refractivity (Wildman–Crippen MR) is 68.2 cm³/mol. The molecule has 0 saturated heterocycles. The zero-order valence-corrected chi connectivity index (χ0v) is 10.6. The van der Waals surface area contributed by atoms with E-state index in [4.69, 9.17) is 5.84 Å². The lowest BCUT2D eigenvalue weighted by Gasteiger charge is -2.07. The van der Waals surface area contributed by atoms with Crippen molar-refractivity contribution in [3.63, 3.8) is 0 Å². The van der Waals surface area contributed by atoms with Gasteiger partial charge < -0.3 is 5.32 Å². The van der Waals surface area contributed by atoms with Gasteiger partial charge in [-0.15, -0.1) is 11.3 Å². The van der Waals surface area contributed by atoms with Gasteiger partial charge in [-0.05, 0) is 13.3 Å². The number of rotatable bonds is 5. The van der Waals surface area contributed by atoms with Crippen LogP contribution in [-0.2, 0) is 6.54 Å². The minimum absolute atomic E-state index is 0.567. The van der Waals surface area contributed by atoms with Crippen LogP contribution in [0.5, 0.6) is 0 Å². The van der Waals surface area contributed by atoms with Gasteiger partial charge >= 0.3 is 0 Å². The van der Waals surface area contributed by atoms with Crippen molar-refractivity contribution in [3.05, 3.63) is 16.1 Å². The first-order valence-corrected chi connectivity index (χ1v) is 6.30. The molecule has 0 aliphatic carbocycles. The monoisotopic (exact) mass is 241 g/mol. The van der Waals surface area contributed by atoms with Crippen LogP contribution in [0.1, 0.15) is 30.5 Å². The van der Waals surface area contributed by atoms with Gasteiger partial charge in [0.15, 0.2) is 0 Å². The SMILES string of the molecule is CCCCNC(=NCc1nc(C)cs1)NN. The van der Waals surface area contributed by atoms with Gasteiger partial charge in [-0.2, -0.15) is 0 Å². The van der Waals surface area contributed by atoms with E-state index in [1.54, 1.807) is 11.3 Å². The van der Waals surface area contributed by atoms with Crippen LogP contribution in [0, 0.1) is 6.92 Å². The lowest BCUT2D eigenvalue weighted by molar-refractivity contribution is 0.731. The Morgan fingerprint density at radius 2 is 2.44 bits per heavy atom. The Morgan fingerprint density at radius 3 is 3.00 bits per heavy atom. The predicted octanol–water partition coefficient (Wildman–Crippen LogP) is 1.16. The number of nitrogens with one attached hydrogen (secondary N) is 2. The highest BCUT2D eigenvalue weighted by Gasteiger charge is 1.98. The minimum Gasteiger partial charge on any atom is -0.355 e. The summed E-state index contributed by atoms with van der Waals surface area (Å²) < 4.78 is 0. The number of nitrogens with zero attached hydrogens (tertiary/aromatic N) is 2. The summed E-state index contributed by atoms with van der Waals surface area (Å²) in [5.74, 6) is 5.99. The van der Waals surface area contributed by atoms with Crippen molar-refractivity contribution in [1.82, 2.24) is 15.7 Å². The molecule has 0 spiro atoms. The van der Waals surface area contributed by atoms with Gasteiger partial charge in [0.25, 0.3) is 0 Å². The number of aliphatic imine (C=N–C) groups is 1. The third-order valence-corrected chi connectivity index (χ3v) is 2.95. The highest BCUT2D eigenvalue weighted by atomic mass is 32.1. The third kappa shape index (κ3) is 4.59. The third-order valence-electron chi connectivity index (χ3n) is 2.00. The highest BCUT2D eigenvalue weighted by Crippen LogP contribution is 2.09. The molecular formula is C10H19N5S. The van der Waals surface area contributed by atoms with Gasteiger partial charge in [0.2, 0.25) is 5.96 Å². The largest absolute Gasteiger partial charge is 0.355 e. The number of hydrogen-bond donors (Lipinski definition) is 3. The molecule has 0 atom stereocenters. The fourth-order valence-electron chi connectivity index (χ4n) is 1.16. The van der Waals surface area contributed by atoms with Crippen LogP contribution in [0.3, 0.4) is 0 Å². The topological polar surface area (TPSA) is 75.3 Å². The van der Waals surface area contributed by atoms with Crippen LogP contribution in [-0.4, -0.2) is 17.5 Å². The number of aryl methyl sites for hydroxylation is 1. The first-order valence-electron chi connectivity index (χ1n) is 5.42. The molecule has 0 saturated carbocycles. The second kappa shape index (κ2) is 7.19. The van der Waals surface area contributed by atoms with E-state index < -0.39 is 0 Å². The van der Waals surface area contributed by atoms with Crippen LogP contribution in [0.4, 0.5) is 0 Å². The van der Waals surface area contributed by atoms with Crippen LogP contribution < -0.4 is 16.6 Å². The zero-order valence-electron chi connectivity index (χ0n) is 9.79. The quantitative estimate of drug-likeness (QED) is 0.238. The summed E-state index contributed by atoms with van der Waals surface area (Å²) in [7, 11) is 0. The van der Waals surface area contributed by atoms with Crippen molar-refractivity contribution in [2.75, 3.05) is 6.54 Å². The molecule has 0 aliphatic heterocycles. The molecule has 0 aliphatic rings. The van der Waals surface area contributed by atoms with Crippen molar-refractivity contribution in [3.8, 4) is 0 Å². The van der Waals surface area contributed by atoms with Crippen molar-refractivity contribution < 1.29 is 0 Å².